The van der Waals surface area contributed by atoms with Gasteiger partial charge in [-0.3, -0.25) is 4.57 Å². The molecule has 0 spiro atoms. The molecule has 0 amide bonds. The van der Waals surface area contributed by atoms with Crippen molar-refractivity contribution in [1.29, 1.82) is 0 Å². The SMILES string of the molecule is C/C=C\C=C(/C)c1ncc(-n2c3ccccc3c3nc4c(cc32)c2ccccc2n4-c2ccccc2)cn1. The van der Waals surface area contributed by atoms with Gasteiger partial charge in [-0.15, -0.1) is 0 Å². The predicted molar refractivity (Wildman–Crippen MR) is 157 cm³/mol. The first-order valence-corrected chi connectivity index (χ1v) is 12.8. The molecule has 0 bridgehead atoms. The fourth-order valence-corrected chi connectivity index (χ4v) is 5.31. The molecule has 0 atom stereocenters. The van der Waals surface area contributed by atoms with E-state index >= 15 is 0 Å². The van der Waals surface area contributed by atoms with Gasteiger partial charge in [0.05, 0.1) is 40.1 Å². The van der Waals surface area contributed by atoms with Gasteiger partial charge in [-0.1, -0.05) is 72.8 Å². The van der Waals surface area contributed by atoms with Gasteiger partial charge < -0.3 is 4.57 Å². The molecule has 0 aliphatic rings. The molecule has 0 radical (unpaired) electrons. The number of fused-ring (bicyclic) bond motifs is 6. The Labute approximate surface area is 220 Å². The minimum atomic E-state index is 0.721. The summed E-state index contributed by atoms with van der Waals surface area (Å²) in [6.07, 6.45) is 9.83. The molecule has 4 heterocycles. The average molecular weight is 492 g/mol. The van der Waals surface area contributed by atoms with Crippen LogP contribution in [-0.4, -0.2) is 24.1 Å². The van der Waals surface area contributed by atoms with Crippen LogP contribution in [0.4, 0.5) is 0 Å². The van der Waals surface area contributed by atoms with Gasteiger partial charge in [-0.25, -0.2) is 15.0 Å². The zero-order chi connectivity index (χ0) is 25.6. The molecule has 5 nitrogen and oxygen atoms in total. The van der Waals surface area contributed by atoms with E-state index in [1.807, 2.05) is 50.5 Å². The fraction of sp³-hybridized carbons (Fsp3) is 0.0606. The van der Waals surface area contributed by atoms with Gasteiger partial charge in [0.15, 0.2) is 5.82 Å². The van der Waals surface area contributed by atoms with E-state index < -0.39 is 0 Å². The number of para-hydroxylation sites is 3. The van der Waals surface area contributed by atoms with Gasteiger partial charge >= 0.3 is 0 Å². The molecule has 7 rings (SSSR count). The second kappa shape index (κ2) is 8.82. The summed E-state index contributed by atoms with van der Waals surface area (Å²) in [5.74, 6) is 0.721. The maximum absolute atomic E-state index is 5.33. The lowest BCUT2D eigenvalue weighted by Crippen LogP contribution is -1.99. The summed E-state index contributed by atoms with van der Waals surface area (Å²) in [7, 11) is 0. The van der Waals surface area contributed by atoms with E-state index in [-0.39, 0.29) is 0 Å². The first-order chi connectivity index (χ1) is 18.7. The molecule has 0 aliphatic heterocycles. The molecule has 38 heavy (non-hydrogen) atoms. The van der Waals surface area contributed by atoms with E-state index in [0.717, 1.165) is 61.3 Å². The Bertz CT molecular complexity index is 2020. The van der Waals surface area contributed by atoms with Crippen molar-refractivity contribution < 1.29 is 0 Å². The van der Waals surface area contributed by atoms with Crippen LogP contribution in [0.5, 0.6) is 0 Å². The second-order valence-electron chi connectivity index (χ2n) is 9.41. The van der Waals surface area contributed by atoms with Crippen molar-refractivity contribution in [3.05, 3.63) is 121 Å². The third-order valence-corrected chi connectivity index (χ3v) is 7.07. The van der Waals surface area contributed by atoms with E-state index in [9.17, 15) is 0 Å². The summed E-state index contributed by atoms with van der Waals surface area (Å²) < 4.78 is 4.48. The average Bonchev–Trinajstić information content (AvgIpc) is 3.47. The lowest BCUT2D eigenvalue weighted by atomic mass is 10.2. The van der Waals surface area contributed by atoms with Crippen LogP contribution < -0.4 is 0 Å². The Morgan fingerprint density at radius 1 is 0.684 bits per heavy atom. The van der Waals surface area contributed by atoms with Gasteiger partial charge in [0.1, 0.15) is 5.65 Å². The molecule has 0 unspecified atom stereocenters. The summed E-state index contributed by atoms with van der Waals surface area (Å²) in [6, 6.07) is 29.6. The monoisotopic (exact) mass is 491 g/mol. The zero-order valence-corrected chi connectivity index (χ0v) is 21.2. The molecule has 5 heteroatoms. The number of allylic oxidation sites excluding steroid dienone is 4. The standard InChI is InChI=1S/C33H25N5/c1-3-4-12-22(2)32-34-20-24(21-35-32)37-29-18-11-9-16-26(29)31-30(37)19-27-25-15-8-10-17-28(25)38(33(27)36-31)23-13-6-5-7-14-23/h3-21H,1-2H3/b4-3-,22-12+. The van der Waals surface area contributed by atoms with Gasteiger partial charge in [0.2, 0.25) is 0 Å². The highest BCUT2D eigenvalue weighted by atomic mass is 15.1. The second-order valence-corrected chi connectivity index (χ2v) is 9.41. The molecule has 0 fully saturated rings. The summed E-state index contributed by atoms with van der Waals surface area (Å²) in [4.78, 5) is 14.7. The van der Waals surface area contributed by atoms with Crippen molar-refractivity contribution in [2.45, 2.75) is 13.8 Å². The zero-order valence-electron chi connectivity index (χ0n) is 21.2. The number of pyridine rings is 1. The van der Waals surface area contributed by atoms with E-state index in [2.05, 4.69) is 88.0 Å². The Hall–Kier alpha value is -5.03. The molecule has 0 N–H and O–H groups in total. The minimum absolute atomic E-state index is 0.721. The normalized spacial score (nSPS) is 12.5. The molecule has 0 aliphatic carbocycles. The number of rotatable bonds is 4. The van der Waals surface area contributed by atoms with Gasteiger partial charge in [0.25, 0.3) is 0 Å². The first-order valence-electron chi connectivity index (χ1n) is 12.8. The maximum atomic E-state index is 5.33. The number of hydrogen-bond acceptors (Lipinski definition) is 3. The highest BCUT2D eigenvalue weighted by Crippen LogP contribution is 2.37. The summed E-state index contributed by atoms with van der Waals surface area (Å²) >= 11 is 0. The van der Waals surface area contributed by atoms with Crippen LogP contribution in [0, 0.1) is 0 Å². The van der Waals surface area contributed by atoms with Crippen molar-refractivity contribution >= 4 is 49.4 Å². The quantitative estimate of drug-likeness (QED) is 0.234. The molecule has 182 valence electrons. The van der Waals surface area contributed by atoms with E-state index in [1.165, 1.54) is 5.39 Å². The van der Waals surface area contributed by atoms with Crippen LogP contribution >= 0.6 is 0 Å². The topological polar surface area (TPSA) is 48.5 Å². The van der Waals surface area contributed by atoms with Crippen LogP contribution in [0.25, 0.3) is 60.8 Å². The Balaban J connectivity index is 1.54. The summed E-state index contributed by atoms with van der Waals surface area (Å²) in [5, 5.41) is 3.39. The molecule has 0 saturated carbocycles. The lowest BCUT2D eigenvalue weighted by molar-refractivity contribution is 1.05. The van der Waals surface area contributed by atoms with Gasteiger partial charge in [0, 0.05) is 21.8 Å². The van der Waals surface area contributed by atoms with Crippen molar-refractivity contribution in [2.24, 2.45) is 0 Å². The van der Waals surface area contributed by atoms with Crippen molar-refractivity contribution in [3.8, 4) is 11.4 Å². The van der Waals surface area contributed by atoms with E-state index in [0.29, 0.717) is 0 Å². The third-order valence-electron chi connectivity index (χ3n) is 7.07. The number of nitrogens with zero attached hydrogens (tertiary/aromatic N) is 5. The van der Waals surface area contributed by atoms with Gasteiger partial charge in [-0.2, -0.15) is 0 Å². The molecular formula is C33H25N5. The smallest absolute Gasteiger partial charge is 0.154 e. The molecular weight excluding hydrogens is 466 g/mol. The van der Waals surface area contributed by atoms with Crippen LogP contribution in [0.2, 0.25) is 0 Å². The fourth-order valence-electron chi connectivity index (χ4n) is 5.31. The summed E-state index contributed by atoms with van der Waals surface area (Å²) in [6.45, 7) is 4.02. The van der Waals surface area contributed by atoms with Crippen LogP contribution in [0.3, 0.4) is 0 Å². The molecule has 7 aromatic rings. The highest BCUT2D eigenvalue weighted by Gasteiger charge is 2.19. The number of benzene rings is 3. The van der Waals surface area contributed by atoms with Gasteiger partial charge in [-0.05, 0) is 49.8 Å². The predicted octanol–water partition coefficient (Wildman–Crippen LogP) is 8.05. The largest absolute Gasteiger partial charge is 0.305 e. The van der Waals surface area contributed by atoms with Crippen LogP contribution in [-0.2, 0) is 0 Å². The van der Waals surface area contributed by atoms with Crippen LogP contribution in [0.1, 0.15) is 19.7 Å². The molecule has 3 aromatic carbocycles. The Morgan fingerprint density at radius 3 is 2.08 bits per heavy atom. The Morgan fingerprint density at radius 2 is 1.34 bits per heavy atom. The maximum Gasteiger partial charge on any atom is 0.154 e. The minimum Gasteiger partial charge on any atom is -0.305 e. The Kier molecular flexibility index (Phi) is 5.15. The summed E-state index contributed by atoms with van der Waals surface area (Å²) in [5.41, 5.74) is 8.19. The van der Waals surface area contributed by atoms with Crippen molar-refractivity contribution in [3.63, 3.8) is 0 Å². The molecule has 0 saturated heterocycles. The highest BCUT2D eigenvalue weighted by molar-refractivity contribution is 6.15. The number of hydrogen-bond donors (Lipinski definition) is 0. The van der Waals surface area contributed by atoms with E-state index in [4.69, 9.17) is 15.0 Å². The first kappa shape index (κ1) is 22.2. The van der Waals surface area contributed by atoms with Crippen molar-refractivity contribution in [1.82, 2.24) is 24.1 Å². The molecule has 4 aromatic heterocycles. The van der Waals surface area contributed by atoms with Crippen LogP contribution in [0.15, 0.2) is 116 Å². The van der Waals surface area contributed by atoms with E-state index in [1.54, 1.807) is 0 Å². The lowest BCUT2D eigenvalue weighted by Gasteiger charge is -2.08. The number of aromatic nitrogens is 5. The third kappa shape index (κ3) is 3.36. The van der Waals surface area contributed by atoms with Crippen molar-refractivity contribution in [2.75, 3.05) is 0 Å².